The van der Waals surface area contributed by atoms with E-state index >= 15 is 0 Å². The molecule has 4 N–H and O–H groups in total. The van der Waals surface area contributed by atoms with E-state index in [1.54, 1.807) is 0 Å². The second kappa shape index (κ2) is 10.7. The van der Waals surface area contributed by atoms with E-state index in [9.17, 15) is 29.1 Å². The molecule has 1 aliphatic heterocycles. The van der Waals surface area contributed by atoms with Crippen molar-refractivity contribution in [2.45, 2.75) is 102 Å². The van der Waals surface area contributed by atoms with Crippen molar-refractivity contribution in [1.29, 1.82) is 0 Å². The van der Waals surface area contributed by atoms with E-state index in [2.05, 4.69) is 16.0 Å². The maximum absolute atomic E-state index is 13.5. The Morgan fingerprint density at radius 3 is 2.12 bits per heavy atom. The summed E-state index contributed by atoms with van der Waals surface area (Å²) in [6.45, 7) is 5.40. The number of nitrogens with zero attached hydrogens (tertiary/aromatic N) is 1. The molecule has 0 aromatic heterocycles. The second-order valence-corrected chi connectivity index (χ2v) is 10.4. The number of likely N-dealkylation sites (tertiary alicyclic amines) is 1. The van der Waals surface area contributed by atoms with Gasteiger partial charge in [0.05, 0.1) is 0 Å². The molecule has 0 bridgehead atoms. The van der Waals surface area contributed by atoms with Crippen molar-refractivity contribution in [2.75, 3.05) is 6.54 Å². The van der Waals surface area contributed by atoms with Gasteiger partial charge in [0.25, 0.3) is 0 Å². The largest absolute Gasteiger partial charge is 0.480 e. The van der Waals surface area contributed by atoms with Crippen LogP contribution in [0.15, 0.2) is 0 Å². The molecule has 3 aliphatic rings. The minimum absolute atomic E-state index is 0.0247. The number of rotatable bonds is 9. The highest BCUT2D eigenvalue weighted by molar-refractivity contribution is 5.96. The normalized spacial score (nSPS) is 23.6. The van der Waals surface area contributed by atoms with Crippen molar-refractivity contribution in [3.63, 3.8) is 0 Å². The second-order valence-electron chi connectivity index (χ2n) is 10.4. The lowest BCUT2D eigenvalue weighted by molar-refractivity contribution is -0.146. The summed E-state index contributed by atoms with van der Waals surface area (Å²) >= 11 is 0. The van der Waals surface area contributed by atoms with Gasteiger partial charge in [-0.15, -0.1) is 0 Å². The zero-order chi connectivity index (χ0) is 25.0. The molecule has 10 heteroatoms. The molecule has 0 spiro atoms. The standard InChI is InChI=1S/C24H38N4O6/c1-14(2)18(26-21(31)19(25-15(3)29)16-8-5-4-6-9-16)22(32)28-13-7-10-17(28)20(30)27-24(11-12-24)23(33)34/h14,16-19H,4-13H2,1-3H3,(H,25,29)(H,26,31)(H,27,30)(H,33,34)/t17-,18-,19-/m0/s1. The molecule has 190 valence electrons. The van der Waals surface area contributed by atoms with Gasteiger partial charge in [-0.3, -0.25) is 19.2 Å². The zero-order valence-electron chi connectivity index (χ0n) is 20.4. The predicted octanol–water partition coefficient (Wildman–Crippen LogP) is 0.937. The lowest BCUT2D eigenvalue weighted by atomic mass is 9.83. The van der Waals surface area contributed by atoms with Crippen LogP contribution in [0, 0.1) is 11.8 Å². The van der Waals surface area contributed by atoms with E-state index in [-0.39, 0.29) is 29.6 Å². The molecule has 0 aromatic carbocycles. The van der Waals surface area contributed by atoms with Crippen LogP contribution in [0.3, 0.4) is 0 Å². The van der Waals surface area contributed by atoms with Gasteiger partial charge in [0.2, 0.25) is 23.6 Å². The zero-order valence-corrected chi connectivity index (χ0v) is 20.4. The van der Waals surface area contributed by atoms with Crippen LogP contribution in [0.2, 0.25) is 0 Å². The van der Waals surface area contributed by atoms with Gasteiger partial charge in [0.15, 0.2) is 0 Å². The minimum Gasteiger partial charge on any atom is -0.480 e. The molecule has 1 heterocycles. The average Bonchev–Trinajstić information content (AvgIpc) is 3.40. The van der Waals surface area contributed by atoms with Gasteiger partial charge >= 0.3 is 5.97 Å². The average molecular weight is 479 g/mol. The van der Waals surface area contributed by atoms with Gasteiger partial charge in [0.1, 0.15) is 23.7 Å². The molecule has 1 saturated heterocycles. The number of carbonyl (C=O) groups is 5. The molecule has 3 rings (SSSR count). The van der Waals surface area contributed by atoms with Gasteiger partial charge in [-0.1, -0.05) is 33.1 Å². The SMILES string of the molecule is CC(=O)N[C@H](C(=O)N[C@H](C(=O)N1CCC[C@H]1C(=O)NC1(C(=O)O)CC1)C(C)C)C1CCCCC1. The van der Waals surface area contributed by atoms with E-state index in [0.29, 0.717) is 32.2 Å². The van der Waals surface area contributed by atoms with Gasteiger partial charge in [-0.05, 0) is 50.4 Å². The first kappa shape index (κ1) is 26.0. The van der Waals surface area contributed by atoms with E-state index in [4.69, 9.17) is 0 Å². The topological polar surface area (TPSA) is 145 Å². The number of carboxylic acid groups (broad SMARTS) is 1. The molecule has 10 nitrogen and oxygen atoms in total. The van der Waals surface area contributed by atoms with E-state index < -0.39 is 35.5 Å². The number of hydrogen-bond acceptors (Lipinski definition) is 5. The number of hydrogen-bond donors (Lipinski definition) is 4. The Labute approximate surface area is 200 Å². The van der Waals surface area contributed by atoms with Crippen molar-refractivity contribution >= 4 is 29.6 Å². The van der Waals surface area contributed by atoms with E-state index in [1.807, 2.05) is 13.8 Å². The number of amides is 4. The Kier molecular flexibility index (Phi) is 8.20. The molecule has 34 heavy (non-hydrogen) atoms. The molecular weight excluding hydrogens is 440 g/mol. The van der Waals surface area contributed by atoms with Gasteiger partial charge in [-0.25, -0.2) is 4.79 Å². The van der Waals surface area contributed by atoms with Crippen molar-refractivity contribution < 1.29 is 29.1 Å². The van der Waals surface area contributed by atoms with Crippen LogP contribution in [-0.2, 0) is 24.0 Å². The molecule has 0 aromatic rings. The summed E-state index contributed by atoms with van der Waals surface area (Å²) in [5, 5.41) is 17.6. The molecule has 2 saturated carbocycles. The maximum Gasteiger partial charge on any atom is 0.329 e. The summed E-state index contributed by atoms with van der Waals surface area (Å²) in [6.07, 6.45) is 6.64. The number of carboxylic acids is 1. The summed E-state index contributed by atoms with van der Waals surface area (Å²) in [5.41, 5.74) is -1.22. The Bertz CT molecular complexity index is 818. The smallest absolute Gasteiger partial charge is 0.329 e. The Balaban J connectivity index is 1.70. The highest BCUT2D eigenvalue weighted by Gasteiger charge is 2.53. The van der Waals surface area contributed by atoms with Crippen LogP contribution in [-0.4, -0.2) is 69.8 Å². The number of carbonyl (C=O) groups excluding carboxylic acids is 4. The number of nitrogens with one attached hydrogen (secondary N) is 3. The van der Waals surface area contributed by atoms with Crippen LogP contribution in [0.4, 0.5) is 0 Å². The van der Waals surface area contributed by atoms with Crippen molar-refractivity contribution in [1.82, 2.24) is 20.9 Å². The fourth-order valence-electron chi connectivity index (χ4n) is 5.16. The van der Waals surface area contributed by atoms with Crippen LogP contribution in [0.5, 0.6) is 0 Å². The summed E-state index contributed by atoms with van der Waals surface area (Å²) in [7, 11) is 0. The fraction of sp³-hybridized carbons (Fsp3) is 0.792. The van der Waals surface area contributed by atoms with Crippen molar-refractivity contribution in [3.05, 3.63) is 0 Å². The highest BCUT2D eigenvalue weighted by atomic mass is 16.4. The molecule has 0 unspecified atom stereocenters. The third-order valence-corrected chi connectivity index (χ3v) is 7.35. The third kappa shape index (κ3) is 5.88. The van der Waals surface area contributed by atoms with Gasteiger partial charge < -0.3 is 26.0 Å². The summed E-state index contributed by atoms with van der Waals surface area (Å²) in [4.78, 5) is 64.4. The fourth-order valence-corrected chi connectivity index (χ4v) is 5.16. The molecule has 0 radical (unpaired) electrons. The third-order valence-electron chi connectivity index (χ3n) is 7.35. The summed E-state index contributed by atoms with van der Waals surface area (Å²) in [5.74, 6) is -2.75. The minimum atomic E-state index is -1.22. The van der Waals surface area contributed by atoms with Crippen LogP contribution >= 0.6 is 0 Å². The number of aliphatic carboxylic acids is 1. The summed E-state index contributed by atoms with van der Waals surface area (Å²) in [6, 6.07) is -2.31. The molecular formula is C24H38N4O6. The Hall–Kier alpha value is -2.65. The molecule has 2 aliphatic carbocycles. The lowest BCUT2D eigenvalue weighted by Gasteiger charge is -2.34. The van der Waals surface area contributed by atoms with Crippen LogP contribution < -0.4 is 16.0 Å². The quantitative estimate of drug-likeness (QED) is 0.388. The monoisotopic (exact) mass is 478 g/mol. The van der Waals surface area contributed by atoms with E-state index in [0.717, 1.165) is 32.1 Å². The van der Waals surface area contributed by atoms with Crippen molar-refractivity contribution in [3.8, 4) is 0 Å². The first-order valence-corrected chi connectivity index (χ1v) is 12.5. The Morgan fingerprint density at radius 1 is 0.941 bits per heavy atom. The van der Waals surface area contributed by atoms with Crippen LogP contribution in [0.1, 0.15) is 78.6 Å². The van der Waals surface area contributed by atoms with Crippen LogP contribution in [0.25, 0.3) is 0 Å². The predicted molar refractivity (Wildman–Crippen MR) is 123 cm³/mol. The molecule has 3 fully saturated rings. The maximum atomic E-state index is 13.5. The first-order chi connectivity index (χ1) is 16.1. The first-order valence-electron chi connectivity index (χ1n) is 12.5. The molecule has 4 amide bonds. The highest BCUT2D eigenvalue weighted by Crippen LogP contribution is 2.36. The van der Waals surface area contributed by atoms with Gasteiger partial charge in [0, 0.05) is 13.5 Å². The summed E-state index contributed by atoms with van der Waals surface area (Å²) < 4.78 is 0. The Morgan fingerprint density at radius 2 is 1.59 bits per heavy atom. The van der Waals surface area contributed by atoms with E-state index in [1.165, 1.54) is 11.8 Å². The van der Waals surface area contributed by atoms with Gasteiger partial charge in [-0.2, -0.15) is 0 Å². The van der Waals surface area contributed by atoms with Crippen molar-refractivity contribution in [2.24, 2.45) is 11.8 Å². The lowest BCUT2D eigenvalue weighted by Crippen LogP contribution is -2.60. The molecule has 3 atom stereocenters.